The van der Waals surface area contributed by atoms with Crippen molar-refractivity contribution in [3.8, 4) is 0 Å². The minimum atomic E-state index is -3.23. The molecule has 1 aliphatic rings. The number of amides is 1. The SMILES string of the molecule is CCS(=O)(=O)N1CCCC(C(=O)NN(C)c2ccccc2)C1. The van der Waals surface area contributed by atoms with E-state index in [1.165, 1.54) is 4.31 Å². The number of hydrogen-bond acceptors (Lipinski definition) is 4. The summed E-state index contributed by atoms with van der Waals surface area (Å²) >= 11 is 0. The average Bonchev–Trinajstić information content (AvgIpc) is 2.55. The third-order valence-corrected chi connectivity index (χ3v) is 5.78. The molecule has 0 radical (unpaired) electrons. The fraction of sp³-hybridized carbons (Fsp3) is 0.533. The summed E-state index contributed by atoms with van der Waals surface area (Å²) in [7, 11) is -1.45. The zero-order valence-electron chi connectivity index (χ0n) is 13.0. The summed E-state index contributed by atoms with van der Waals surface area (Å²) in [6.45, 7) is 2.40. The molecule has 7 heteroatoms. The van der Waals surface area contributed by atoms with E-state index in [1.54, 1.807) is 19.0 Å². The molecule has 22 heavy (non-hydrogen) atoms. The molecule has 0 saturated carbocycles. The van der Waals surface area contributed by atoms with E-state index in [-0.39, 0.29) is 24.1 Å². The Balaban J connectivity index is 1.98. The number of benzene rings is 1. The Hall–Kier alpha value is -1.60. The minimum absolute atomic E-state index is 0.0747. The van der Waals surface area contributed by atoms with E-state index in [2.05, 4.69) is 5.43 Å². The predicted octanol–water partition coefficient (Wildman–Crippen LogP) is 1.22. The molecule has 0 bridgehead atoms. The van der Waals surface area contributed by atoms with Gasteiger partial charge in [0.05, 0.1) is 17.4 Å². The van der Waals surface area contributed by atoms with Gasteiger partial charge >= 0.3 is 0 Å². The van der Waals surface area contributed by atoms with Crippen LogP contribution in [0.25, 0.3) is 0 Å². The molecule has 1 atom stereocenters. The van der Waals surface area contributed by atoms with Crippen LogP contribution in [0.2, 0.25) is 0 Å². The fourth-order valence-electron chi connectivity index (χ4n) is 2.56. The highest BCUT2D eigenvalue weighted by molar-refractivity contribution is 7.89. The summed E-state index contributed by atoms with van der Waals surface area (Å²) in [5.41, 5.74) is 3.71. The van der Waals surface area contributed by atoms with E-state index < -0.39 is 10.0 Å². The molecule has 2 rings (SSSR count). The number of carbonyl (C=O) groups is 1. The lowest BCUT2D eigenvalue weighted by Gasteiger charge is -2.32. The van der Waals surface area contributed by atoms with Gasteiger partial charge in [0.25, 0.3) is 0 Å². The number of para-hydroxylation sites is 1. The van der Waals surface area contributed by atoms with E-state index in [9.17, 15) is 13.2 Å². The second-order valence-corrected chi connectivity index (χ2v) is 7.73. The van der Waals surface area contributed by atoms with Crippen LogP contribution in [0.5, 0.6) is 0 Å². The Morgan fingerprint density at radius 3 is 2.68 bits per heavy atom. The third-order valence-electron chi connectivity index (χ3n) is 3.93. The predicted molar refractivity (Wildman–Crippen MR) is 86.7 cm³/mol. The monoisotopic (exact) mass is 325 g/mol. The van der Waals surface area contributed by atoms with Crippen molar-refractivity contribution >= 4 is 21.6 Å². The van der Waals surface area contributed by atoms with Gasteiger partial charge in [-0.05, 0) is 31.9 Å². The molecule has 1 N–H and O–H groups in total. The standard InChI is InChI=1S/C15H23N3O3S/c1-3-22(20,21)18-11-7-8-13(12-18)15(19)16-17(2)14-9-5-4-6-10-14/h4-6,9-10,13H,3,7-8,11-12H2,1-2H3,(H,16,19). The van der Waals surface area contributed by atoms with Crippen molar-refractivity contribution in [1.29, 1.82) is 0 Å². The fourth-order valence-corrected chi connectivity index (χ4v) is 3.74. The molecule has 1 aliphatic heterocycles. The first kappa shape index (κ1) is 16.8. The number of anilines is 1. The van der Waals surface area contributed by atoms with Gasteiger partial charge in [-0.3, -0.25) is 15.2 Å². The smallest absolute Gasteiger partial charge is 0.242 e. The molecular formula is C15H23N3O3S. The lowest BCUT2D eigenvalue weighted by Crippen LogP contribution is -2.49. The highest BCUT2D eigenvalue weighted by Gasteiger charge is 2.31. The molecular weight excluding hydrogens is 302 g/mol. The first-order chi connectivity index (χ1) is 10.4. The molecule has 0 spiro atoms. The maximum atomic E-state index is 12.4. The molecule has 1 aromatic rings. The van der Waals surface area contributed by atoms with Crippen LogP contribution in [-0.4, -0.2) is 44.5 Å². The average molecular weight is 325 g/mol. The van der Waals surface area contributed by atoms with Crippen molar-refractivity contribution in [1.82, 2.24) is 9.73 Å². The number of nitrogens with one attached hydrogen (secondary N) is 1. The summed E-state index contributed by atoms with van der Waals surface area (Å²) in [5.74, 6) is -0.366. The molecule has 1 fully saturated rings. The van der Waals surface area contributed by atoms with Crippen LogP contribution in [-0.2, 0) is 14.8 Å². The van der Waals surface area contributed by atoms with E-state index in [1.807, 2.05) is 30.3 Å². The van der Waals surface area contributed by atoms with Crippen LogP contribution >= 0.6 is 0 Å². The van der Waals surface area contributed by atoms with Crippen molar-refractivity contribution in [2.45, 2.75) is 19.8 Å². The maximum absolute atomic E-state index is 12.4. The first-order valence-corrected chi connectivity index (χ1v) is 9.12. The maximum Gasteiger partial charge on any atom is 0.242 e. The van der Waals surface area contributed by atoms with Crippen molar-refractivity contribution in [2.24, 2.45) is 5.92 Å². The van der Waals surface area contributed by atoms with Crippen LogP contribution in [0.3, 0.4) is 0 Å². The summed E-state index contributed by atoms with van der Waals surface area (Å²) < 4.78 is 25.3. The van der Waals surface area contributed by atoms with Gasteiger partial charge in [0, 0.05) is 20.1 Å². The van der Waals surface area contributed by atoms with E-state index in [0.29, 0.717) is 19.4 Å². The van der Waals surface area contributed by atoms with Crippen molar-refractivity contribution in [2.75, 3.05) is 30.9 Å². The molecule has 0 aliphatic carbocycles. The second kappa shape index (κ2) is 7.11. The summed E-state index contributed by atoms with van der Waals surface area (Å²) in [5, 5.41) is 1.66. The Kier molecular flexibility index (Phi) is 5.42. The number of piperidine rings is 1. The van der Waals surface area contributed by atoms with Crippen molar-refractivity contribution in [3.63, 3.8) is 0 Å². The molecule has 1 heterocycles. The quantitative estimate of drug-likeness (QED) is 0.826. The number of carbonyl (C=O) groups excluding carboxylic acids is 1. The molecule has 122 valence electrons. The number of hydrogen-bond donors (Lipinski definition) is 1. The molecule has 1 amide bonds. The van der Waals surface area contributed by atoms with E-state index in [0.717, 1.165) is 5.69 Å². The molecule has 1 aromatic carbocycles. The largest absolute Gasteiger partial charge is 0.289 e. The Labute approximate surface area is 132 Å². The van der Waals surface area contributed by atoms with Gasteiger partial charge in [-0.25, -0.2) is 12.7 Å². The van der Waals surface area contributed by atoms with Crippen LogP contribution in [0.15, 0.2) is 30.3 Å². The van der Waals surface area contributed by atoms with Crippen LogP contribution in [0.1, 0.15) is 19.8 Å². The third kappa shape index (κ3) is 3.98. The Morgan fingerprint density at radius 1 is 1.36 bits per heavy atom. The zero-order chi connectivity index (χ0) is 16.2. The molecule has 6 nitrogen and oxygen atoms in total. The van der Waals surface area contributed by atoms with Gasteiger partial charge in [-0.15, -0.1) is 0 Å². The van der Waals surface area contributed by atoms with Crippen LogP contribution in [0.4, 0.5) is 5.69 Å². The van der Waals surface area contributed by atoms with Gasteiger partial charge < -0.3 is 0 Å². The highest BCUT2D eigenvalue weighted by Crippen LogP contribution is 2.20. The van der Waals surface area contributed by atoms with Gasteiger partial charge in [-0.2, -0.15) is 0 Å². The van der Waals surface area contributed by atoms with E-state index >= 15 is 0 Å². The summed E-state index contributed by atoms with van der Waals surface area (Å²) in [6.07, 6.45) is 1.43. The number of sulfonamides is 1. The molecule has 0 aromatic heterocycles. The first-order valence-electron chi connectivity index (χ1n) is 7.51. The lowest BCUT2D eigenvalue weighted by molar-refractivity contribution is -0.126. The van der Waals surface area contributed by atoms with Crippen LogP contribution < -0.4 is 10.4 Å². The number of rotatable bonds is 5. The minimum Gasteiger partial charge on any atom is -0.289 e. The Morgan fingerprint density at radius 2 is 2.05 bits per heavy atom. The van der Waals surface area contributed by atoms with Gasteiger partial charge in [0.2, 0.25) is 15.9 Å². The van der Waals surface area contributed by atoms with Gasteiger partial charge in [0.15, 0.2) is 0 Å². The summed E-state index contributed by atoms with van der Waals surface area (Å²) in [4.78, 5) is 12.4. The Bertz CT molecular complexity index is 604. The normalized spacial score (nSPS) is 19.6. The van der Waals surface area contributed by atoms with Crippen molar-refractivity contribution in [3.05, 3.63) is 30.3 Å². The van der Waals surface area contributed by atoms with Gasteiger partial charge in [-0.1, -0.05) is 18.2 Å². The molecule has 1 unspecified atom stereocenters. The topological polar surface area (TPSA) is 69.7 Å². The second-order valence-electron chi connectivity index (χ2n) is 5.47. The summed E-state index contributed by atoms with van der Waals surface area (Å²) in [6, 6.07) is 9.50. The zero-order valence-corrected chi connectivity index (χ0v) is 13.8. The lowest BCUT2D eigenvalue weighted by atomic mass is 9.99. The highest BCUT2D eigenvalue weighted by atomic mass is 32.2. The molecule has 1 saturated heterocycles. The van der Waals surface area contributed by atoms with E-state index in [4.69, 9.17) is 0 Å². The van der Waals surface area contributed by atoms with Crippen LogP contribution in [0, 0.1) is 5.92 Å². The number of hydrazine groups is 1. The number of nitrogens with zero attached hydrogens (tertiary/aromatic N) is 2. The van der Waals surface area contributed by atoms with Crippen molar-refractivity contribution < 1.29 is 13.2 Å². The van der Waals surface area contributed by atoms with Gasteiger partial charge in [0.1, 0.15) is 0 Å².